The van der Waals surface area contributed by atoms with E-state index in [1.165, 1.54) is 27.5 Å². The van der Waals surface area contributed by atoms with Crippen molar-refractivity contribution in [1.29, 1.82) is 0 Å². The predicted octanol–water partition coefficient (Wildman–Crippen LogP) is 5.74. The van der Waals surface area contributed by atoms with Gasteiger partial charge in [-0.3, -0.25) is 4.79 Å². The van der Waals surface area contributed by atoms with Gasteiger partial charge in [-0.15, -0.1) is 5.92 Å². The van der Waals surface area contributed by atoms with Crippen molar-refractivity contribution >= 4 is 11.5 Å². The van der Waals surface area contributed by atoms with Gasteiger partial charge in [-0.2, -0.15) is 5.06 Å². The summed E-state index contributed by atoms with van der Waals surface area (Å²) in [5.41, 5.74) is 6.25. The van der Waals surface area contributed by atoms with Gasteiger partial charge in [0.1, 0.15) is 5.54 Å². The molecule has 1 aromatic carbocycles. The molecule has 5 rings (SSSR count). The molecule has 1 N–H and O–H groups in total. The molecule has 5 atom stereocenters. The number of fused-ring (bicyclic) bond motifs is 4. The van der Waals surface area contributed by atoms with Crippen molar-refractivity contribution in [2.24, 2.45) is 17.3 Å². The molecule has 0 heterocycles. The first-order chi connectivity index (χ1) is 16.2. The minimum atomic E-state index is -0.525. The fourth-order valence-electron chi connectivity index (χ4n) is 7.99. The summed E-state index contributed by atoms with van der Waals surface area (Å²) in [4.78, 5) is 14.4. The largest absolute Gasteiger partial charge is 0.378 e. The summed E-state index contributed by atoms with van der Waals surface area (Å²) >= 11 is 0. The van der Waals surface area contributed by atoms with E-state index in [0.29, 0.717) is 18.3 Å². The van der Waals surface area contributed by atoms with Crippen LogP contribution in [-0.2, 0) is 4.79 Å². The molecular weight excluding hydrogens is 420 g/mol. The number of hydrogen-bond donors (Lipinski definition) is 1. The SMILES string of the molecule is CC#C[C@]1(N(C)O)CC[C@H]2[C@@H]3CCC4=CC(=O)CCC4=C3[C@@H](c3ccc(N(C)C)cc3)C[C@@]21C. The van der Waals surface area contributed by atoms with Crippen LogP contribution < -0.4 is 4.90 Å². The van der Waals surface area contributed by atoms with Crippen LogP contribution >= 0.6 is 0 Å². The number of hydrogen-bond acceptors (Lipinski definition) is 4. The van der Waals surface area contributed by atoms with Gasteiger partial charge in [0.25, 0.3) is 0 Å². The third-order valence-corrected chi connectivity index (χ3v) is 9.58. The van der Waals surface area contributed by atoms with Crippen LogP contribution in [0.2, 0.25) is 0 Å². The highest BCUT2D eigenvalue weighted by Gasteiger charge is 2.64. The number of rotatable bonds is 3. The van der Waals surface area contributed by atoms with Crippen molar-refractivity contribution in [2.75, 3.05) is 26.0 Å². The van der Waals surface area contributed by atoms with Crippen LogP contribution in [0.5, 0.6) is 0 Å². The standard InChI is InChI=1S/C30H38N2O2/c1-6-16-30(32(5)34)17-15-27-25-13-9-21-18-23(33)12-14-24(21)28(25)26(19-29(27,30)2)20-7-10-22(11-8-20)31(3)4/h7-8,10-11,18,25-27,34H,9,12-15,17,19H2,1-5H3/t25-,26+,27-,29-,30-/m0/s1. The molecule has 2 fully saturated rings. The van der Waals surface area contributed by atoms with Crippen molar-refractivity contribution < 1.29 is 10.0 Å². The number of carbonyl (C=O) groups excluding carboxylic acids is 1. The Bertz CT molecular complexity index is 1120. The third kappa shape index (κ3) is 3.32. The molecule has 4 aliphatic rings. The molecule has 2 saturated carbocycles. The number of benzene rings is 1. The van der Waals surface area contributed by atoms with Gasteiger partial charge in [0, 0.05) is 44.6 Å². The molecular formula is C30H38N2O2. The molecule has 0 aromatic heterocycles. The van der Waals surface area contributed by atoms with Crippen molar-refractivity contribution in [2.45, 2.75) is 70.3 Å². The minimum Gasteiger partial charge on any atom is -0.378 e. The summed E-state index contributed by atoms with van der Waals surface area (Å²) in [5.74, 6) is 8.21. The van der Waals surface area contributed by atoms with Gasteiger partial charge in [0.05, 0.1) is 0 Å². The van der Waals surface area contributed by atoms with Gasteiger partial charge in [-0.25, -0.2) is 0 Å². The molecule has 4 heteroatoms. The van der Waals surface area contributed by atoms with E-state index in [1.807, 2.05) is 13.0 Å². The molecule has 0 amide bonds. The Morgan fingerprint density at radius 1 is 1.06 bits per heavy atom. The summed E-state index contributed by atoms with van der Waals surface area (Å²) in [6.45, 7) is 4.28. The lowest BCUT2D eigenvalue weighted by Gasteiger charge is -2.56. The summed E-state index contributed by atoms with van der Waals surface area (Å²) in [6.07, 6.45) is 8.49. The first-order valence-electron chi connectivity index (χ1n) is 12.8. The Morgan fingerprint density at radius 2 is 1.79 bits per heavy atom. The van der Waals surface area contributed by atoms with Crippen LogP contribution in [-0.4, -0.2) is 42.7 Å². The van der Waals surface area contributed by atoms with Crippen LogP contribution in [0, 0.1) is 29.1 Å². The zero-order chi connectivity index (χ0) is 24.3. The van der Waals surface area contributed by atoms with Crippen LogP contribution in [0.1, 0.15) is 70.3 Å². The number of allylic oxidation sites excluding steroid dienone is 4. The lowest BCUT2D eigenvalue weighted by molar-refractivity contribution is -0.174. The monoisotopic (exact) mass is 458 g/mol. The molecule has 0 spiro atoms. The topological polar surface area (TPSA) is 43.8 Å². The lowest BCUT2D eigenvalue weighted by atomic mass is 9.50. The van der Waals surface area contributed by atoms with E-state index in [9.17, 15) is 10.0 Å². The third-order valence-electron chi connectivity index (χ3n) is 9.58. The van der Waals surface area contributed by atoms with Crippen molar-refractivity contribution in [1.82, 2.24) is 5.06 Å². The number of hydroxylamine groups is 2. The zero-order valence-corrected chi connectivity index (χ0v) is 21.3. The Labute approximate surface area is 204 Å². The summed E-state index contributed by atoms with van der Waals surface area (Å²) in [5, 5.41) is 12.4. The zero-order valence-electron chi connectivity index (χ0n) is 21.3. The van der Waals surface area contributed by atoms with Crippen molar-refractivity contribution in [3.05, 3.63) is 52.6 Å². The molecule has 1 aromatic rings. The maximum atomic E-state index is 12.2. The van der Waals surface area contributed by atoms with Gasteiger partial charge in [-0.05, 0) is 92.2 Å². The highest BCUT2D eigenvalue weighted by Crippen LogP contribution is 2.67. The van der Waals surface area contributed by atoms with Crippen molar-refractivity contribution in [3.63, 3.8) is 0 Å². The minimum absolute atomic E-state index is 0.120. The summed E-state index contributed by atoms with van der Waals surface area (Å²) in [6, 6.07) is 9.04. The van der Waals surface area contributed by atoms with Crippen molar-refractivity contribution in [3.8, 4) is 11.8 Å². The maximum Gasteiger partial charge on any atom is 0.156 e. The van der Waals surface area contributed by atoms with E-state index < -0.39 is 5.54 Å². The highest BCUT2D eigenvalue weighted by molar-refractivity contribution is 5.93. The van der Waals surface area contributed by atoms with E-state index in [4.69, 9.17) is 0 Å². The van der Waals surface area contributed by atoms with E-state index in [2.05, 4.69) is 62.0 Å². The second-order valence-electron chi connectivity index (χ2n) is 11.3. The Hall–Kier alpha value is -2.35. The maximum absolute atomic E-state index is 12.2. The Morgan fingerprint density at radius 3 is 2.44 bits per heavy atom. The Kier molecular flexibility index (Phi) is 5.78. The van der Waals surface area contributed by atoms with Gasteiger partial charge in [-0.1, -0.05) is 30.6 Å². The molecule has 34 heavy (non-hydrogen) atoms. The smallest absolute Gasteiger partial charge is 0.156 e. The van der Waals surface area contributed by atoms with Crippen LogP contribution in [0.25, 0.3) is 0 Å². The molecule has 0 unspecified atom stereocenters. The molecule has 180 valence electrons. The normalized spacial score (nSPS) is 34.6. The van der Waals surface area contributed by atoms with E-state index in [0.717, 1.165) is 38.5 Å². The molecule has 0 aliphatic heterocycles. The Balaban J connectivity index is 1.69. The van der Waals surface area contributed by atoms with Gasteiger partial charge < -0.3 is 10.1 Å². The highest BCUT2D eigenvalue weighted by atomic mass is 16.5. The average Bonchev–Trinajstić information content (AvgIpc) is 3.11. The first-order valence-corrected chi connectivity index (χ1v) is 12.8. The number of carbonyl (C=O) groups is 1. The van der Waals surface area contributed by atoms with Gasteiger partial charge >= 0.3 is 0 Å². The first kappa shape index (κ1) is 23.4. The average molecular weight is 459 g/mol. The summed E-state index contributed by atoms with van der Waals surface area (Å²) < 4.78 is 0. The molecule has 0 radical (unpaired) electrons. The lowest BCUT2D eigenvalue weighted by Crippen LogP contribution is -2.57. The second-order valence-corrected chi connectivity index (χ2v) is 11.3. The van der Waals surface area contributed by atoms with Gasteiger partial charge in [0.15, 0.2) is 5.78 Å². The van der Waals surface area contributed by atoms with E-state index in [1.54, 1.807) is 12.6 Å². The number of anilines is 1. The van der Waals surface area contributed by atoms with Crippen LogP contribution in [0.15, 0.2) is 47.1 Å². The number of nitrogens with zero attached hydrogens (tertiary/aromatic N) is 2. The molecule has 4 aliphatic carbocycles. The summed E-state index contributed by atoms with van der Waals surface area (Å²) in [7, 11) is 5.94. The number of ketones is 1. The quantitative estimate of drug-likeness (QED) is 0.464. The fourth-order valence-corrected chi connectivity index (χ4v) is 7.99. The molecule has 4 nitrogen and oxygen atoms in total. The molecule has 0 bridgehead atoms. The fraction of sp³-hybridized carbons (Fsp3) is 0.567. The van der Waals surface area contributed by atoms with Gasteiger partial charge in [0.2, 0.25) is 0 Å². The molecule has 0 saturated heterocycles. The van der Waals surface area contributed by atoms with E-state index >= 15 is 0 Å². The van der Waals surface area contributed by atoms with E-state index in [-0.39, 0.29) is 17.1 Å². The van der Waals surface area contributed by atoms with Crippen LogP contribution in [0.4, 0.5) is 5.69 Å². The second kappa shape index (κ2) is 8.40. The van der Waals surface area contributed by atoms with Crippen LogP contribution in [0.3, 0.4) is 0 Å². The predicted molar refractivity (Wildman–Crippen MR) is 137 cm³/mol.